The quantitative estimate of drug-likeness (QED) is 0.733. The van der Waals surface area contributed by atoms with Gasteiger partial charge >= 0.3 is 5.97 Å². The number of halogens is 1. The summed E-state index contributed by atoms with van der Waals surface area (Å²) in [4.78, 5) is 12.7. The monoisotopic (exact) mass is 254 g/mol. The zero-order valence-corrected chi connectivity index (χ0v) is 10.7. The molecule has 18 heavy (non-hydrogen) atoms. The van der Waals surface area contributed by atoms with E-state index in [0.717, 1.165) is 25.5 Å². The van der Waals surface area contributed by atoms with Crippen LogP contribution < -0.4 is 5.32 Å². The fourth-order valence-electron chi connectivity index (χ4n) is 1.57. The molecule has 0 amide bonds. The second kappa shape index (κ2) is 6.96. The minimum absolute atomic E-state index is 0.0364. The molecule has 0 fully saturated rings. The van der Waals surface area contributed by atoms with Gasteiger partial charge in [-0.15, -0.1) is 0 Å². The first-order chi connectivity index (χ1) is 8.50. The molecular weight excluding hydrogens is 235 g/mol. The van der Waals surface area contributed by atoms with Gasteiger partial charge in [-0.1, -0.05) is 0 Å². The van der Waals surface area contributed by atoms with Crippen LogP contribution in [0.15, 0.2) is 18.2 Å². The molecule has 1 aromatic rings. The van der Waals surface area contributed by atoms with Crippen molar-refractivity contribution >= 4 is 11.7 Å². The number of nitrogens with one attached hydrogen (secondary N) is 1. The summed E-state index contributed by atoms with van der Waals surface area (Å²) < 4.78 is 13.5. The zero-order chi connectivity index (χ0) is 13.5. The molecule has 5 heteroatoms. The topological polar surface area (TPSA) is 52.6 Å². The van der Waals surface area contributed by atoms with Crippen molar-refractivity contribution in [2.75, 3.05) is 32.5 Å². The van der Waals surface area contributed by atoms with Crippen LogP contribution in [0.4, 0.5) is 10.1 Å². The van der Waals surface area contributed by atoms with E-state index in [9.17, 15) is 9.18 Å². The fourth-order valence-corrected chi connectivity index (χ4v) is 1.57. The van der Waals surface area contributed by atoms with E-state index in [2.05, 4.69) is 10.2 Å². The van der Waals surface area contributed by atoms with Crippen molar-refractivity contribution in [1.82, 2.24) is 4.90 Å². The van der Waals surface area contributed by atoms with Crippen molar-refractivity contribution < 1.29 is 14.3 Å². The number of hydrogen-bond donors (Lipinski definition) is 2. The third kappa shape index (κ3) is 4.71. The Morgan fingerprint density at radius 3 is 2.67 bits per heavy atom. The van der Waals surface area contributed by atoms with Crippen molar-refractivity contribution in [3.8, 4) is 0 Å². The number of carboxylic acid groups (broad SMARTS) is 1. The van der Waals surface area contributed by atoms with E-state index in [1.165, 1.54) is 12.1 Å². The molecule has 0 aromatic heterocycles. The lowest BCUT2D eigenvalue weighted by molar-refractivity contribution is 0.0696. The summed E-state index contributed by atoms with van der Waals surface area (Å²) in [6.45, 7) is 1.68. The summed E-state index contributed by atoms with van der Waals surface area (Å²) in [5.41, 5.74) is 0.315. The van der Waals surface area contributed by atoms with Crippen LogP contribution in [0.5, 0.6) is 0 Å². The highest BCUT2D eigenvalue weighted by atomic mass is 19.1. The number of carboxylic acids is 1. The van der Waals surface area contributed by atoms with Crippen molar-refractivity contribution in [1.29, 1.82) is 0 Å². The minimum atomic E-state index is -1.12. The van der Waals surface area contributed by atoms with Crippen molar-refractivity contribution in [3.63, 3.8) is 0 Å². The van der Waals surface area contributed by atoms with Crippen LogP contribution in [0.2, 0.25) is 0 Å². The van der Waals surface area contributed by atoms with E-state index < -0.39 is 11.8 Å². The molecule has 0 spiro atoms. The zero-order valence-electron chi connectivity index (χ0n) is 10.7. The normalized spacial score (nSPS) is 10.7. The van der Waals surface area contributed by atoms with Gasteiger partial charge in [0.2, 0.25) is 0 Å². The average molecular weight is 254 g/mol. The van der Waals surface area contributed by atoms with E-state index >= 15 is 0 Å². The Morgan fingerprint density at radius 2 is 2.11 bits per heavy atom. The number of aromatic carboxylic acids is 1. The standard InChI is InChI=1S/C13H19FN2O2/c1-16(2)8-4-3-7-15-12-6-5-10(13(17)18)9-11(12)14/h5-6,9,15H,3-4,7-8H2,1-2H3,(H,17,18). The number of carbonyl (C=O) groups is 1. The molecule has 0 atom stereocenters. The molecule has 0 heterocycles. The second-order valence-electron chi connectivity index (χ2n) is 4.44. The maximum atomic E-state index is 13.5. The summed E-state index contributed by atoms with van der Waals surface area (Å²) in [5.74, 6) is -1.64. The maximum Gasteiger partial charge on any atom is 0.335 e. The first-order valence-electron chi connectivity index (χ1n) is 5.92. The third-order valence-electron chi connectivity index (χ3n) is 2.56. The lowest BCUT2D eigenvalue weighted by Crippen LogP contribution is -2.14. The van der Waals surface area contributed by atoms with E-state index in [1.54, 1.807) is 0 Å². The van der Waals surface area contributed by atoms with E-state index in [-0.39, 0.29) is 5.56 Å². The Bertz CT molecular complexity index is 408. The fraction of sp³-hybridized carbons (Fsp3) is 0.462. The summed E-state index contributed by atoms with van der Waals surface area (Å²) >= 11 is 0. The number of anilines is 1. The summed E-state index contributed by atoms with van der Waals surface area (Å²) in [7, 11) is 4.02. The van der Waals surface area contributed by atoms with Crippen LogP contribution in [-0.4, -0.2) is 43.2 Å². The molecule has 0 saturated heterocycles. The molecule has 2 N–H and O–H groups in total. The number of nitrogens with zero attached hydrogens (tertiary/aromatic N) is 1. The third-order valence-corrected chi connectivity index (χ3v) is 2.56. The number of benzene rings is 1. The second-order valence-corrected chi connectivity index (χ2v) is 4.44. The molecular formula is C13H19FN2O2. The summed E-state index contributed by atoms with van der Waals surface area (Å²) in [6.07, 6.45) is 1.98. The van der Waals surface area contributed by atoms with Gasteiger partial charge in [-0.05, 0) is 51.7 Å². The molecule has 100 valence electrons. The van der Waals surface area contributed by atoms with Crippen molar-refractivity contribution in [2.24, 2.45) is 0 Å². The summed E-state index contributed by atoms with van der Waals surface area (Å²) in [6, 6.07) is 3.89. The van der Waals surface area contributed by atoms with Crippen molar-refractivity contribution in [3.05, 3.63) is 29.6 Å². The predicted octanol–water partition coefficient (Wildman–Crippen LogP) is 2.28. The molecule has 1 aromatic carbocycles. The Kier molecular flexibility index (Phi) is 5.58. The Morgan fingerprint density at radius 1 is 1.39 bits per heavy atom. The van der Waals surface area contributed by atoms with Gasteiger partial charge in [0.25, 0.3) is 0 Å². The van der Waals surface area contributed by atoms with Gasteiger partial charge in [0.1, 0.15) is 5.82 Å². The molecule has 0 unspecified atom stereocenters. The van der Waals surface area contributed by atoms with Gasteiger partial charge in [-0.25, -0.2) is 9.18 Å². The maximum absolute atomic E-state index is 13.5. The molecule has 0 aliphatic carbocycles. The first kappa shape index (κ1) is 14.4. The molecule has 4 nitrogen and oxygen atoms in total. The van der Waals surface area contributed by atoms with E-state index in [0.29, 0.717) is 12.2 Å². The SMILES string of the molecule is CN(C)CCCCNc1ccc(C(=O)O)cc1F. The van der Waals surface area contributed by atoms with E-state index in [4.69, 9.17) is 5.11 Å². The Labute approximate surface area is 106 Å². The average Bonchev–Trinajstić information content (AvgIpc) is 2.29. The van der Waals surface area contributed by atoms with Crippen LogP contribution in [-0.2, 0) is 0 Å². The lowest BCUT2D eigenvalue weighted by atomic mass is 10.2. The van der Waals surface area contributed by atoms with Gasteiger partial charge in [0.15, 0.2) is 0 Å². The predicted molar refractivity (Wildman–Crippen MR) is 69.6 cm³/mol. The van der Waals surface area contributed by atoms with E-state index in [1.807, 2.05) is 14.1 Å². The number of unbranched alkanes of at least 4 members (excludes halogenated alkanes) is 1. The number of hydrogen-bond acceptors (Lipinski definition) is 3. The van der Waals surface area contributed by atoms with Crippen molar-refractivity contribution in [2.45, 2.75) is 12.8 Å². The van der Waals surface area contributed by atoms with Crippen LogP contribution in [0.1, 0.15) is 23.2 Å². The lowest BCUT2D eigenvalue weighted by Gasteiger charge is -2.10. The van der Waals surface area contributed by atoms with Crippen LogP contribution in [0.25, 0.3) is 0 Å². The molecule has 0 aliphatic rings. The van der Waals surface area contributed by atoms with Gasteiger partial charge < -0.3 is 15.3 Å². The highest BCUT2D eigenvalue weighted by Crippen LogP contribution is 2.15. The van der Waals surface area contributed by atoms with Crippen LogP contribution in [0.3, 0.4) is 0 Å². The van der Waals surface area contributed by atoms with Gasteiger partial charge in [0, 0.05) is 6.54 Å². The first-order valence-corrected chi connectivity index (χ1v) is 5.92. The molecule has 0 radical (unpaired) electrons. The Balaban J connectivity index is 2.41. The van der Waals surface area contributed by atoms with Gasteiger partial charge in [-0.2, -0.15) is 0 Å². The molecule has 1 rings (SSSR count). The Hall–Kier alpha value is -1.62. The smallest absolute Gasteiger partial charge is 0.335 e. The van der Waals surface area contributed by atoms with Gasteiger partial charge in [0.05, 0.1) is 11.3 Å². The molecule has 0 bridgehead atoms. The van der Waals surface area contributed by atoms with Crippen LogP contribution in [0, 0.1) is 5.82 Å². The molecule has 0 aliphatic heterocycles. The largest absolute Gasteiger partial charge is 0.478 e. The van der Waals surface area contributed by atoms with Crippen LogP contribution >= 0.6 is 0 Å². The highest BCUT2D eigenvalue weighted by molar-refractivity contribution is 5.88. The number of rotatable bonds is 7. The highest BCUT2D eigenvalue weighted by Gasteiger charge is 2.07. The molecule has 0 saturated carbocycles. The van der Waals surface area contributed by atoms with Gasteiger partial charge in [-0.3, -0.25) is 0 Å². The minimum Gasteiger partial charge on any atom is -0.478 e. The summed E-state index contributed by atoms with van der Waals surface area (Å²) in [5, 5.41) is 11.7.